The Hall–Kier alpha value is -1.91. The summed E-state index contributed by atoms with van der Waals surface area (Å²) in [4.78, 5) is 16.4. The van der Waals surface area contributed by atoms with Crippen molar-refractivity contribution in [1.82, 2.24) is 4.98 Å². The number of carbonyl (C=O) groups excluding carboxylic acids is 1. The molecule has 1 aliphatic rings. The van der Waals surface area contributed by atoms with Gasteiger partial charge < -0.3 is 10.1 Å². The lowest BCUT2D eigenvalue weighted by Crippen LogP contribution is -2.22. The molecule has 0 radical (unpaired) electrons. The summed E-state index contributed by atoms with van der Waals surface area (Å²) in [6.07, 6.45) is 4.19. The zero-order valence-electron chi connectivity index (χ0n) is 16.0. The largest absolute Gasteiger partial charge is 0.385 e. The van der Waals surface area contributed by atoms with Crippen LogP contribution in [0.15, 0.2) is 36.5 Å². The van der Waals surface area contributed by atoms with E-state index in [9.17, 15) is 4.79 Å². The van der Waals surface area contributed by atoms with Gasteiger partial charge in [-0.15, -0.1) is 0 Å². The van der Waals surface area contributed by atoms with E-state index in [1.807, 2.05) is 32.0 Å². The van der Waals surface area contributed by atoms with Crippen LogP contribution in [0.3, 0.4) is 0 Å². The summed E-state index contributed by atoms with van der Waals surface area (Å²) in [5.74, 6) is 0.840. The number of ether oxygens (including phenoxy) is 1. The van der Waals surface area contributed by atoms with Gasteiger partial charge in [0, 0.05) is 55.2 Å². The number of anilines is 1. The summed E-state index contributed by atoms with van der Waals surface area (Å²) in [6, 6.07) is 10.2. The standard InChI is InChI=1S/C22H27ClN2O2/c1-15(2)22(26)12-19-11-20(21(23)14-25-19)17-4-3-5-18(10-17)24-13-16-6-8-27-9-7-16/h3-5,10-11,14-16,24H,6-9,12-13H2,1-2H3. The van der Waals surface area contributed by atoms with Crippen LogP contribution in [0, 0.1) is 11.8 Å². The smallest absolute Gasteiger partial charge is 0.141 e. The number of halogens is 1. The van der Waals surface area contributed by atoms with Crippen molar-refractivity contribution in [2.45, 2.75) is 33.1 Å². The van der Waals surface area contributed by atoms with Crippen LogP contribution < -0.4 is 5.32 Å². The zero-order chi connectivity index (χ0) is 19.2. The van der Waals surface area contributed by atoms with Crippen molar-refractivity contribution in [2.75, 3.05) is 25.1 Å². The summed E-state index contributed by atoms with van der Waals surface area (Å²) in [6.45, 7) is 6.48. The van der Waals surface area contributed by atoms with E-state index in [-0.39, 0.29) is 11.7 Å². The molecule has 0 amide bonds. The molecule has 4 nitrogen and oxygen atoms in total. The van der Waals surface area contributed by atoms with Crippen molar-refractivity contribution in [3.63, 3.8) is 0 Å². The fourth-order valence-corrected chi connectivity index (χ4v) is 3.40. The van der Waals surface area contributed by atoms with Crippen LogP contribution in [0.4, 0.5) is 5.69 Å². The molecule has 2 aromatic rings. The van der Waals surface area contributed by atoms with Crippen LogP contribution in [0.2, 0.25) is 5.02 Å². The lowest BCUT2D eigenvalue weighted by Gasteiger charge is -2.22. The molecule has 5 heteroatoms. The van der Waals surface area contributed by atoms with Gasteiger partial charge in [0.2, 0.25) is 0 Å². The summed E-state index contributed by atoms with van der Waals surface area (Å²) >= 11 is 6.40. The van der Waals surface area contributed by atoms with Crippen molar-refractivity contribution in [2.24, 2.45) is 11.8 Å². The Balaban J connectivity index is 1.74. The summed E-state index contributed by atoms with van der Waals surface area (Å²) in [5, 5.41) is 4.13. The second-order valence-electron chi connectivity index (χ2n) is 7.47. The van der Waals surface area contributed by atoms with Gasteiger partial charge in [0.25, 0.3) is 0 Å². The van der Waals surface area contributed by atoms with Crippen molar-refractivity contribution >= 4 is 23.1 Å². The van der Waals surface area contributed by atoms with Crippen molar-refractivity contribution in [3.8, 4) is 11.1 Å². The summed E-state index contributed by atoms with van der Waals surface area (Å²) < 4.78 is 5.42. The highest BCUT2D eigenvalue weighted by Gasteiger charge is 2.14. The molecular weight excluding hydrogens is 360 g/mol. The quantitative estimate of drug-likeness (QED) is 0.726. The summed E-state index contributed by atoms with van der Waals surface area (Å²) in [7, 11) is 0. The molecule has 0 spiro atoms. The van der Waals surface area contributed by atoms with Gasteiger partial charge in [-0.3, -0.25) is 9.78 Å². The predicted octanol–water partition coefficient (Wildman–Crippen LogP) is 5.01. The van der Waals surface area contributed by atoms with Gasteiger partial charge in [-0.25, -0.2) is 0 Å². The first kappa shape index (κ1) is 19.8. The van der Waals surface area contributed by atoms with Gasteiger partial charge >= 0.3 is 0 Å². The molecule has 1 N–H and O–H groups in total. The van der Waals surface area contributed by atoms with Gasteiger partial charge in [-0.1, -0.05) is 37.6 Å². The minimum Gasteiger partial charge on any atom is -0.385 e. The Bertz CT molecular complexity index is 786. The minimum absolute atomic E-state index is 0.00337. The Morgan fingerprint density at radius 2 is 2.07 bits per heavy atom. The number of benzene rings is 1. The highest BCUT2D eigenvalue weighted by molar-refractivity contribution is 6.33. The maximum atomic E-state index is 12.0. The molecule has 1 aromatic heterocycles. The van der Waals surface area contributed by atoms with Gasteiger partial charge in [0.15, 0.2) is 0 Å². The van der Waals surface area contributed by atoms with Crippen LogP contribution in [0.5, 0.6) is 0 Å². The van der Waals surface area contributed by atoms with E-state index >= 15 is 0 Å². The number of pyridine rings is 1. The SMILES string of the molecule is CC(C)C(=O)Cc1cc(-c2cccc(NCC3CCOCC3)c2)c(Cl)cn1. The third-order valence-electron chi connectivity index (χ3n) is 5.02. The second kappa shape index (κ2) is 9.34. The van der Waals surface area contributed by atoms with E-state index in [1.54, 1.807) is 6.20 Å². The Morgan fingerprint density at radius 1 is 1.30 bits per heavy atom. The first-order chi connectivity index (χ1) is 13.0. The van der Waals surface area contributed by atoms with Gasteiger partial charge in [0.05, 0.1) is 5.02 Å². The number of aromatic nitrogens is 1. The van der Waals surface area contributed by atoms with E-state index in [0.717, 1.165) is 55.1 Å². The van der Waals surface area contributed by atoms with Crippen LogP contribution in [-0.4, -0.2) is 30.5 Å². The molecule has 1 fully saturated rings. The van der Waals surface area contributed by atoms with E-state index in [0.29, 0.717) is 17.4 Å². The first-order valence-corrected chi connectivity index (χ1v) is 10.00. The van der Waals surface area contributed by atoms with Gasteiger partial charge in [-0.2, -0.15) is 0 Å². The summed E-state index contributed by atoms with van der Waals surface area (Å²) in [5.41, 5.74) is 3.77. The predicted molar refractivity (Wildman–Crippen MR) is 110 cm³/mol. The number of carbonyl (C=O) groups is 1. The van der Waals surface area contributed by atoms with Crippen LogP contribution >= 0.6 is 11.6 Å². The van der Waals surface area contributed by atoms with Gasteiger partial charge in [0.1, 0.15) is 5.78 Å². The molecule has 0 bridgehead atoms. The van der Waals surface area contributed by atoms with Crippen molar-refractivity contribution in [3.05, 3.63) is 47.2 Å². The van der Waals surface area contributed by atoms with Crippen LogP contribution in [0.25, 0.3) is 11.1 Å². The Morgan fingerprint density at radius 3 is 2.81 bits per heavy atom. The van der Waals surface area contributed by atoms with Crippen LogP contribution in [-0.2, 0) is 16.0 Å². The van der Waals surface area contributed by atoms with Crippen molar-refractivity contribution in [1.29, 1.82) is 0 Å². The zero-order valence-corrected chi connectivity index (χ0v) is 16.8. The highest BCUT2D eigenvalue weighted by atomic mass is 35.5. The average Bonchev–Trinajstić information content (AvgIpc) is 2.69. The second-order valence-corrected chi connectivity index (χ2v) is 7.88. The van der Waals surface area contributed by atoms with Crippen LogP contribution in [0.1, 0.15) is 32.4 Å². The number of Topliss-reactive ketones (excluding diaryl/α,β-unsaturated/α-hetero) is 1. The van der Waals surface area contributed by atoms with E-state index < -0.39 is 0 Å². The number of nitrogens with zero attached hydrogens (tertiary/aromatic N) is 1. The topological polar surface area (TPSA) is 51.2 Å². The molecule has 0 unspecified atom stereocenters. The number of rotatable bonds is 7. The minimum atomic E-state index is 0.00337. The third kappa shape index (κ3) is 5.53. The number of nitrogens with one attached hydrogen (secondary N) is 1. The van der Waals surface area contributed by atoms with E-state index in [4.69, 9.17) is 16.3 Å². The lowest BCUT2D eigenvalue weighted by atomic mass is 9.99. The molecule has 1 aromatic carbocycles. The molecule has 2 heterocycles. The fraction of sp³-hybridized carbons (Fsp3) is 0.455. The van der Waals surface area contributed by atoms with E-state index in [2.05, 4.69) is 22.4 Å². The average molecular weight is 387 g/mol. The molecule has 3 rings (SSSR count). The Kier molecular flexibility index (Phi) is 6.86. The normalized spacial score (nSPS) is 15.1. The third-order valence-corrected chi connectivity index (χ3v) is 5.32. The highest BCUT2D eigenvalue weighted by Crippen LogP contribution is 2.30. The first-order valence-electron chi connectivity index (χ1n) is 9.62. The molecule has 0 atom stereocenters. The molecular formula is C22H27ClN2O2. The molecule has 144 valence electrons. The van der Waals surface area contributed by atoms with E-state index in [1.165, 1.54) is 0 Å². The number of hydrogen-bond donors (Lipinski definition) is 1. The monoisotopic (exact) mass is 386 g/mol. The lowest BCUT2D eigenvalue weighted by molar-refractivity contribution is -0.121. The molecule has 0 saturated carbocycles. The molecule has 1 saturated heterocycles. The maximum Gasteiger partial charge on any atom is 0.141 e. The van der Waals surface area contributed by atoms with Gasteiger partial charge in [-0.05, 0) is 42.5 Å². The number of ketones is 1. The molecule has 1 aliphatic heterocycles. The number of hydrogen-bond acceptors (Lipinski definition) is 4. The Labute approximate surface area is 166 Å². The fourth-order valence-electron chi connectivity index (χ4n) is 3.19. The maximum absolute atomic E-state index is 12.0. The molecule has 27 heavy (non-hydrogen) atoms. The molecule has 0 aliphatic carbocycles. The van der Waals surface area contributed by atoms with Crippen molar-refractivity contribution < 1.29 is 9.53 Å².